The SMILES string of the molecule is Clc1ccc(Nc2cnnc(Nc3cc(Cl)ccc3Cl)n2)cc1. The predicted molar refractivity (Wildman–Crippen MR) is 94.3 cm³/mol. The summed E-state index contributed by atoms with van der Waals surface area (Å²) in [6.07, 6.45) is 1.51. The fourth-order valence-corrected chi connectivity index (χ4v) is 2.27. The Morgan fingerprint density at radius 1 is 0.826 bits per heavy atom. The van der Waals surface area contributed by atoms with Crippen molar-refractivity contribution in [1.82, 2.24) is 15.2 Å². The molecule has 0 unspecified atom stereocenters. The molecular weight excluding hydrogens is 357 g/mol. The largest absolute Gasteiger partial charge is 0.339 e. The van der Waals surface area contributed by atoms with Gasteiger partial charge in [-0.2, -0.15) is 10.1 Å². The third-order valence-electron chi connectivity index (χ3n) is 2.85. The Morgan fingerprint density at radius 3 is 2.35 bits per heavy atom. The van der Waals surface area contributed by atoms with Crippen molar-refractivity contribution in [3.63, 3.8) is 0 Å². The van der Waals surface area contributed by atoms with Crippen LogP contribution in [0.4, 0.5) is 23.1 Å². The Labute approximate surface area is 147 Å². The molecule has 2 N–H and O–H groups in total. The minimum absolute atomic E-state index is 0.299. The lowest BCUT2D eigenvalue weighted by molar-refractivity contribution is 0.982. The molecule has 0 saturated carbocycles. The molecule has 23 heavy (non-hydrogen) atoms. The lowest BCUT2D eigenvalue weighted by Crippen LogP contribution is -2.02. The third-order valence-corrected chi connectivity index (χ3v) is 3.67. The summed E-state index contributed by atoms with van der Waals surface area (Å²) in [7, 11) is 0. The second-order valence-corrected chi connectivity index (χ2v) is 5.83. The van der Waals surface area contributed by atoms with Crippen molar-refractivity contribution in [2.45, 2.75) is 0 Å². The first-order valence-electron chi connectivity index (χ1n) is 6.54. The molecule has 116 valence electrons. The van der Waals surface area contributed by atoms with E-state index in [1.807, 2.05) is 12.1 Å². The molecule has 0 fully saturated rings. The normalized spacial score (nSPS) is 10.4. The van der Waals surface area contributed by atoms with Crippen LogP contribution in [0.5, 0.6) is 0 Å². The lowest BCUT2D eigenvalue weighted by atomic mass is 10.3. The van der Waals surface area contributed by atoms with Gasteiger partial charge in [0.1, 0.15) is 0 Å². The number of hydrogen-bond donors (Lipinski definition) is 2. The van der Waals surface area contributed by atoms with Gasteiger partial charge in [-0.1, -0.05) is 34.8 Å². The van der Waals surface area contributed by atoms with Crippen molar-refractivity contribution < 1.29 is 0 Å². The number of anilines is 4. The standard InChI is InChI=1S/C15H10Cl3N5/c16-9-1-4-11(5-2-9)20-14-8-19-23-15(22-14)21-13-7-10(17)3-6-12(13)18/h1-8H,(H2,20,21,22,23). The Hall–Kier alpha value is -2.08. The maximum absolute atomic E-state index is 6.11. The van der Waals surface area contributed by atoms with E-state index in [9.17, 15) is 0 Å². The zero-order valence-corrected chi connectivity index (χ0v) is 13.9. The summed E-state index contributed by atoms with van der Waals surface area (Å²) in [5.41, 5.74) is 1.44. The molecule has 1 aromatic heterocycles. The molecule has 0 bridgehead atoms. The molecule has 0 radical (unpaired) electrons. The van der Waals surface area contributed by atoms with E-state index in [-0.39, 0.29) is 0 Å². The molecule has 5 nitrogen and oxygen atoms in total. The van der Waals surface area contributed by atoms with Crippen LogP contribution in [0.2, 0.25) is 15.1 Å². The van der Waals surface area contributed by atoms with Crippen LogP contribution in [0.15, 0.2) is 48.7 Å². The first kappa shape index (κ1) is 15.8. The van der Waals surface area contributed by atoms with Crippen molar-refractivity contribution >= 4 is 57.9 Å². The summed E-state index contributed by atoms with van der Waals surface area (Å²) in [4.78, 5) is 4.33. The van der Waals surface area contributed by atoms with Crippen molar-refractivity contribution in [3.05, 3.63) is 63.7 Å². The molecular formula is C15H10Cl3N5. The number of aromatic nitrogens is 3. The minimum Gasteiger partial charge on any atom is -0.339 e. The highest BCUT2D eigenvalue weighted by molar-refractivity contribution is 6.35. The summed E-state index contributed by atoms with van der Waals surface area (Å²) >= 11 is 17.9. The molecule has 1 heterocycles. The maximum atomic E-state index is 6.11. The molecule has 0 aliphatic heterocycles. The maximum Gasteiger partial charge on any atom is 0.249 e. The number of benzene rings is 2. The Balaban J connectivity index is 1.79. The van der Waals surface area contributed by atoms with Crippen molar-refractivity contribution in [2.24, 2.45) is 0 Å². The van der Waals surface area contributed by atoms with Crippen LogP contribution in [0.25, 0.3) is 0 Å². The monoisotopic (exact) mass is 365 g/mol. The predicted octanol–water partition coefficient (Wildman–Crippen LogP) is 5.32. The van der Waals surface area contributed by atoms with Gasteiger partial charge in [-0.15, -0.1) is 5.10 Å². The Morgan fingerprint density at radius 2 is 1.57 bits per heavy atom. The zero-order valence-electron chi connectivity index (χ0n) is 11.6. The highest BCUT2D eigenvalue weighted by Crippen LogP contribution is 2.27. The van der Waals surface area contributed by atoms with Gasteiger partial charge in [0.2, 0.25) is 5.95 Å². The Bertz CT molecular complexity index is 824. The van der Waals surface area contributed by atoms with E-state index in [1.54, 1.807) is 30.3 Å². The number of rotatable bonds is 4. The van der Waals surface area contributed by atoms with Crippen LogP contribution in [-0.4, -0.2) is 15.2 Å². The molecule has 0 atom stereocenters. The summed E-state index contributed by atoms with van der Waals surface area (Å²) in [5, 5.41) is 15.7. The van der Waals surface area contributed by atoms with Gasteiger partial charge >= 0.3 is 0 Å². The van der Waals surface area contributed by atoms with Crippen LogP contribution in [0.1, 0.15) is 0 Å². The highest BCUT2D eigenvalue weighted by atomic mass is 35.5. The average molecular weight is 367 g/mol. The summed E-state index contributed by atoms with van der Waals surface area (Å²) in [6, 6.07) is 12.3. The smallest absolute Gasteiger partial charge is 0.249 e. The van der Waals surface area contributed by atoms with Crippen LogP contribution < -0.4 is 10.6 Å². The molecule has 3 rings (SSSR count). The van der Waals surface area contributed by atoms with E-state index in [2.05, 4.69) is 25.8 Å². The second kappa shape index (κ2) is 7.00. The summed E-state index contributed by atoms with van der Waals surface area (Å²) < 4.78 is 0. The van der Waals surface area contributed by atoms with Crippen LogP contribution >= 0.6 is 34.8 Å². The van der Waals surface area contributed by atoms with Gasteiger partial charge in [0.25, 0.3) is 0 Å². The van der Waals surface area contributed by atoms with E-state index < -0.39 is 0 Å². The average Bonchev–Trinajstić information content (AvgIpc) is 2.54. The summed E-state index contributed by atoms with van der Waals surface area (Å²) in [6.45, 7) is 0. The molecule has 0 aliphatic carbocycles. The molecule has 0 saturated heterocycles. The molecule has 0 aliphatic rings. The number of nitrogens with zero attached hydrogens (tertiary/aromatic N) is 3. The van der Waals surface area contributed by atoms with Gasteiger partial charge < -0.3 is 10.6 Å². The van der Waals surface area contributed by atoms with Crippen LogP contribution in [-0.2, 0) is 0 Å². The van der Waals surface area contributed by atoms with E-state index in [4.69, 9.17) is 34.8 Å². The minimum atomic E-state index is 0.299. The van der Waals surface area contributed by atoms with E-state index >= 15 is 0 Å². The molecule has 2 aromatic carbocycles. The van der Waals surface area contributed by atoms with Gasteiger partial charge in [-0.3, -0.25) is 0 Å². The van der Waals surface area contributed by atoms with Crippen molar-refractivity contribution in [1.29, 1.82) is 0 Å². The summed E-state index contributed by atoms with van der Waals surface area (Å²) in [5.74, 6) is 0.830. The van der Waals surface area contributed by atoms with Crippen molar-refractivity contribution in [3.8, 4) is 0 Å². The van der Waals surface area contributed by atoms with E-state index in [1.165, 1.54) is 6.20 Å². The van der Waals surface area contributed by atoms with Gasteiger partial charge in [-0.25, -0.2) is 0 Å². The van der Waals surface area contributed by atoms with E-state index in [0.717, 1.165) is 5.69 Å². The molecule has 8 heteroatoms. The Kier molecular flexibility index (Phi) is 4.81. The van der Waals surface area contributed by atoms with Gasteiger partial charge in [0, 0.05) is 15.7 Å². The zero-order chi connectivity index (χ0) is 16.2. The topological polar surface area (TPSA) is 62.7 Å². The van der Waals surface area contributed by atoms with Crippen LogP contribution in [0, 0.1) is 0 Å². The van der Waals surface area contributed by atoms with Crippen molar-refractivity contribution in [2.75, 3.05) is 10.6 Å². The van der Waals surface area contributed by atoms with Gasteiger partial charge in [0.15, 0.2) is 5.82 Å². The van der Waals surface area contributed by atoms with E-state index in [0.29, 0.717) is 32.5 Å². The van der Waals surface area contributed by atoms with Crippen LogP contribution in [0.3, 0.4) is 0 Å². The second-order valence-electron chi connectivity index (χ2n) is 4.55. The first-order valence-corrected chi connectivity index (χ1v) is 7.68. The number of halogens is 3. The molecule has 3 aromatic rings. The quantitative estimate of drug-likeness (QED) is 0.654. The lowest BCUT2D eigenvalue weighted by Gasteiger charge is -2.09. The number of nitrogens with one attached hydrogen (secondary N) is 2. The van der Waals surface area contributed by atoms with Gasteiger partial charge in [-0.05, 0) is 42.5 Å². The third kappa shape index (κ3) is 4.22. The highest BCUT2D eigenvalue weighted by Gasteiger charge is 2.06. The number of hydrogen-bond acceptors (Lipinski definition) is 5. The molecule has 0 amide bonds. The fourth-order valence-electron chi connectivity index (χ4n) is 1.81. The van der Waals surface area contributed by atoms with Gasteiger partial charge in [0.05, 0.1) is 16.9 Å². The fraction of sp³-hybridized carbons (Fsp3) is 0. The molecule has 0 spiro atoms. The first-order chi connectivity index (χ1) is 11.1.